The number of allylic oxidation sites excluding steroid dienone is 1. The fourth-order valence-electron chi connectivity index (χ4n) is 8.38. The molecule has 0 spiro atoms. The molecule has 1 aliphatic rings. The van der Waals surface area contributed by atoms with Crippen LogP contribution in [0.4, 0.5) is 0 Å². The van der Waals surface area contributed by atoms with E-state index in [1.807, 2.05) is 30.3 Å². The molecule has 10 aromatic rings. The summed E-state index contributed by atoms with van der Waals surface area (Å²) in [6, 6.07) is 65.5. The SMILES string of the molecule is C1=C(c2cccc3c2oc2ccc(-c4ccc(-c5ccc(-c6ccccc6)cc5)c5c4oc4ccccc45)cc23)N=C(c2ccccc2)N=C(c2ccccc2)CC1. The quantitative estimate of drug-likeness (QED) is 0.170. The number of fused-ring (bicyclic) bond motifs is 6. The maximum atomic E-state index is 6.72. The van der Waals surface area contributed by atoms with E-state index in [0.29, 0.717) is 5.84 Å². The van der Waals surface area contributed by atoms with E-state index in [2.05, 4.69) is 164 Å². The molecule has 0 fully saturated rings. The van der Waals surface area contributed by atoms with Crippen LogP contribution in [-0.2, 0) is 0 Å². The number of para-hydroxylation sites is 2. The van der Waals surface area contributed by atoms with Gasteiger partial charge in [0.15, 0.2) is 5.84 Å². The zero-order chi connectivity index (χ0) is 38.4. The zero-order valence-corrected chi connectivity index (χ0v) is 31.6. The summed E-state index contributed by atoms with van der Waals surface area (Å²) in [6.45, 7) is 0. The van der Waals surface area contributed by atoms with Crippen molar-refractivity contribution in [3.8, 4) is 33.4 Å². The molecule has 0 aliphatic carbocycles. The molecule has 8 aromatic carbocycles. The molecule has 0 saturated carbocycles. The van der Waals surface area contributed by atoms with Crippen molar-refractivity contribution in [1.29, 1.82) is 0 Å². The van der Waals surface area contributed by atoms with E-state index in [0.717, 1.165) is 107 Å². The molecule has 0 saturated heterocycles. The number of benzene rings is 8. The van der Waals surface area contributed by atoms with Gasteiger partial charge in [0, 0.05) is 38.2 Å². The third kappa shape index (κ3) is 5.94. The molecule has 0 radical (unpaired) electrons. The Morgan fingerprint density at radius 3 is 1.78 bits per heavy atom. The lowest BCUT2D eigenvalue weighted by atomic mass is 9.93. The monoisotopic (exact) mass is 744 g/mol. The number of rotatable bonds is 6. The average molecular weight is 745 g/mol. The van der Waals surface area contributed by atoms with E-state index < -0.39 is 0 Å². The molecule has 2 aromatic heterocycles. The second-order valence-electron chi connectivity index (χ2n) is 14.8. The van der Waals surface area contributed by atoms with E-state index in [1.54, 1.807) is 0 Å². The summed E-state index contributed by atoms with van der Waals surface area (Å²) in [7, 11) is 0. The van der Waals surface area contributed by atoms with Gasteiger partial charge in [-0.15, -0.1) is 0 Å². The van der Waals surface area contributed by atoms with E-state index in [9.17, 15) is 0 Å². The molecule has 1 aliphatic heterocycles. The fourth-order valence-corrected chi connectivity index (χ4v) is 8.38. The topological polar surface area (TPSA) is 51.0 Å². The third-order valence-corrected chi connectivity index (χ3v) is 11.2. The van der Waals surface area contributed by atoms with Crippen molar-refractivity contribution < 1.29 is 8.83 Å². The van der Waals surface area contributed by atoms with Crippen molar-refractivity contribution in [1.82, 2.24) is 0 Å². The van der Waals surface area contributed by atoms with Crippen molar-refractivity contribution in [2.24, 2.45) is 9.98 Å². The lowest BCUT2D eigenvalue weighted by Crippen LogP contribution is -2.09. The Morgan fingerprint density at radius 2 is 0.983 bits per heavy atom. The number of aliphatic imine (C=N–C) groups is 2. The molecular weight excluding hydrogens is 709 g/mol. The van der Waals surface area contributed by atoms with Crippen molar-refractivity contribution >= 4 is 61.1 Å². The first kappa shape index (κ1) is 33.8. The van der Waals surface area contributed by atoms with Gasteiger partial charge in [0.05, 0.1) is 11.4 Å². The summed E-state index contributed by atoms with van der Waals surface area (Å²) >= 11 is 0. The summed E-state index contributed by atoms with van der Waals surface area (Å²) in [6.07, 6.45) is 3.83. The van der Waals surface area contributed by atoms with Crippen LogP contribution in [0.25, 0.3) is 83.0 Å². The van der Waals surface area contributed by atoms with Crippen molar-refractivity contribution in [3.63, 3.8) is 0 Å². The van der Waals surface area contributed by atoms with Gasteiger partial charge >= 0.3 is 0 Å². The highest BCUT2D eigenvalue weighted by Gasteiger charge is 2.21. The van der Waals surface area contributed by atoms with Crippen LogP contribution in [-0.4, -0.2) is 11.5 Å². The molecule has 3 heterocycles. The highest BCUT2D eigenvalue weighted by molar-refractivity contribution is 6.18. The Morgan fingerprint density at radius 1 is 0.379 bits per heavy atom. The summed E-state index contributed by atoms with van der Waals surface area (Å²) in [5, 5.41) is 4.30. The minimum atomic E-state index is 0.686. The zero-order valence-electron chi connectivity index (χ0n) is 31.6. The Kier molecular flexibility index (Phi) is 8.25. The first-order chi connectivity index (χ1) is 28.7. The molecule has 11 rings (SSSR count). The molecule has 0 unspecified atom stereocenters. The lowest BCUT2D eigenvalue weighted by molar-refractivity contribution is 0.667. The second kappa shape index (κ2) is 14.2. The van der Waals surface area contributed by atoms with Gasteiger partial charge in [0.25, 0.3) is 0 Å². The Hall–Kier alpha value is -7.56. The molecular formula is C54H36N2O2. The predicted molar refractivity (Wildman–Crippen MR) is 240 cm³/mol. The molecule has 0 amide bonds. The van der Waals surface area contributed by atoms with Crippen LogP contribution in [0.1, 0.15) is 29.5 Å². The summed E-state index contributed by atoms with van der Waals surface area (Å²) in [5.41, 5.74) is 15.1. The summed E-state index contributed by atoms with van der Waals surface area (Å²) in [4.78, 5) is 10.5. The van der Waals surface area contributed by atoms with Gasteiger partial charge in [-0.05, 0) is 76.6 Å². The van der Waals surface area contributed by atoms with Gasteiger partial charge in [-0.1, -0.05) is 164 Å². The van der Waals surface area contributed by atoms with Gasteiger partial charge in [0.1, 0.15) is 22.3 Å². The van der Waals surface area contributed by atoms with Crippen LogP contribution in [0.2, 0.25) is 0 Å². The highest BCUT2D eigenvalue weighted by Crippen LogP contribution is 2.44. The van der Waals surface area contributed by atoms with Crippen LogP contribution in [0, 0.1) is 0 Å². The predicted octanol–water partition coefficient (Wildman–Crippen LogP) is 14.6. The Bertz CT molecular complexity index is 3240. The number of amidine groups is 1. The minimum absolute atomic E-state index is 0.686. The van der Waals surface area contributed by atoms with Crippen LogP contribution >= 0.6 is 0 Å². The number of hydrogen-bond acceptors (Lipinski definition) is 4. The van der Waals surface area contributed by atoms with E-state index in [1.165, 1.54) is 11.1 Å². The van der Waals surface area contributed by atoms with Crippen molar-refractivity contribution in [2.75, 3.05) is 0 Å². The van der Waals surface area contributed by atoms with Crippen LogP contribution in [0.3, 0.4) is 0 Å². The molecule has 274 valence electrons. The van der Waals surface area contributed by atoms with Gasteiger partial charge in [-0.3, -0.25) is 0 Å². The maximum Gasteiger partial charge on any atom is 0.160 e. The van der Waals surface area contributed by atoms with E-state index in [-0.39, 0.29) is 0 Å². The summed E-state index contributed by atoms with van der Waals surface area (Å²) < 4.78 is 13.4. The highest BCUT2D eigenvalue weighted by atomic mass is 16.3. The van der Waals surface area contributed by atoms with Crippen molar-refractivity contribution in [2.45, 2.75) is 12.8 Å². The largest absolute Gasteiger partial charge is 0.455 e. The number of nitrogens with zero attached hydrogens (tertiary/aromatic N) is 2. The minimum Gasteiger partial charge on any atom is -0.455 e. The lowest BCUT2D eigenvalue weighted by Gasteiger charge is -2.13. The Balaban J connectivity index is 1.02. The molecule has 0 atom stereocenters. The number of furan rings is 2. The van der Waals surface area contributed by atoms with Crippen LogP contribution in [0.15, 0.2) is 213 Å². The van der Waals surface area contributed by atoms with Gasteiger partial charge in [0.2, 0.25) is 0 Å². The first-order valence-electron chi connectivity index (χ1n) is 19.8. The molecule has 0 N–H and O–H groups in total. The van der Waals surface area contributed by atoms with Gasteiger partial charge < -0.3 is 8.83 Å². The van der Waals surface area contributed by atoms with E-state index >= 15 is 0 Å². The third-order valence-electron chi connectivity index (χ3n) is 11.2. The average Bonchev–Trinajstić information content (AvgIpc) is 3.86. The van der Waals surface area contributed by atoms with Crippen LogP contribution in [0.5, 0.6) is 0 Å². The van der Waals surface area contributed by atoms with Gasteiger partial charge in [-0.25, -0.2) is 9.98 Å². The smallest absolute Gasteiger partial charge is 0.160 e. The molecule has 58 heavy (non-hydrogen) atoms. The maximum absolute atomic E-state index is 6.72. The molecule has 4 heteroatoms. The van der Waals surface area contributed by atoms with Crippen LogP contribution < -0.4 is 0 Å². The molecule has 0 bridgehead atoms. The number of hydrogen-bond donors (Lipinski definition) is 0. The summed E-state index contributed by atoms with van der Waals surface area (Å²) in [5.74, 6) is 0.686. The van der Waals surface area contributed by atoms with E-state index in [4.69, 9.17) is 18.8 Å². The normalized spacial score (nSPS) is 13.3. The fraction of sp³-hybridized carbons (Fsp3) is 0.0370. The van der Waals surface area contributed by atoms with Crippen molar-refractivity contribution in [3.05, 3.63) is 211 Å². The first-order valence-corrected chi connectivity index (χ1v) is 19.8. The standard InChI is InChI=1S/C54H36N2O2/c1-4-14-35(15-5-1)36-26-28-37(29-27-36)41-31-32-42(53-51(41)45-20-10-11-25-49(45)58-53)40-30-33-50-46(34-40)43-21-12-22-44(52(43)57-50)48-24-13-23-47(38-16-6-2-7-17-38)55-54(56-48)39-18-8-3-9-19-39/h1-12,14-22,24-34H,13,23H2. The Labute approximate surface area is 335 Å². The van der Waals surface area contributed by atoms with Gasteiger partial charge in [-0.2, -0.15) is 0 Å². The second-order valence-corrected chi connectivity index (χ2v) is 14.8. The molecule has 4 nitrogen and oxygen atoms in total.